The van der Waals surface area contributed by atoms with E-state index in [0.29, 0.717) is 11.6 Å². The Kier molecular flexibility index (Phi) is 5.11. The fourth-order valence-corrected chi connectivity index (χ4v) is 5.58. The molecule has 0 radical (unpaired) electrons. The summed E-state index contributed by atoms with van der Waals surface area (Å²) < 4.78 is 27.7. The maximum absolute atomic E-state index is 12.4. The Hall–Kier alpha value is -0.880. The summed E-state index contributed by atoms with van der Waals surface area (Å²) in [5.41, 5.74) is 0.722. The van der Waals surface area contributed by atoms with Gasteiger partial charge in [-0.2, -0.15) is 0 Å². The fourth-order valence-electron chi connectivity index (χ4n) is 3.24. The second-order valence-electron chi connectivity index (χ2n) is 6.17. The van der Waals surface area contributed by atoms with Crippen molar-refractivity contribution < 1.29 is 8.42 Å². The van der Waals surface area contributed by atoms with E-state index in [4.69, 9.17) is 11.6 Å². The van der Waals surface area contributed by atoms with Gasteiger partial charge in [0.2, 0.25) is 10.0 Å². The van der Waals surface area contributed by atoms with Crippen molar-refractivity contribution in [2.24, 2.45) is 0 Å². The summed E-state index contributed by atoms with van der Waals surface area (Å²) in [7, 11) is -3.35. The molecule has 0 spiro atoms. The van der Waals surface area contributed by atoms with Crippen LogP contribution in [0.25, 0.3) is 0 Å². The zero-order valence-electron chi connectivity index (χ0n) is 12.8. The second-order valence-corrected chi connectivity index (χ2v) is 9.36. The summed E-state index contributed by atoms with van der Waals surface area (Å²) in [4.78, 5) is 1.30. The van der Waals surface area contributed by atoms with Crippen LogP contribution in [0.2, 0.25) is 5.02 Å². The van der Waals surface area contributed by atoms with Gasteiger partial charge in [0.25, 0.3) is 0 Å². The highest BCUT2D eigenvalue weighted by atomic mass is 35.5. The van der Waals surface area contributed by atoms with E-state index in [9.17, 15) is 8.42 Å². The van der Waals surface area contributed by atoms with Crippen molar-refractivity contribution in [1.29, 1.82) is 0 Å². The average Bonchev–Trinajstić information content (AvgIpc) is 3.19. The highest BCUT2D eigenvalue weighted by molar-refractivity contribution is 7.88. The number of nitrogens with one attached hydrogen (secondary N) is 1. The van der Waals surface area contributed by atoms with Crippen LogP contribution in [0, 0.1) is 0 Å². The predicted molar refractivity (Wildman–Crippen MR) is 96.5 cm³/mol. The highest BCUT2D eigenvalue weighted by Gasteiger charge is 2.37. The molecule has 3 rings (SSSR count). The first-order chi connectivity index (χ1) is 11.0. The monoisotopic (exact) mass is 369 g/mol. The number of hydrogen-bond acceptors (Lipinski definition) is 3. The molecule has 0 aliphatic heterocycles. The van der Waals surface area contributed by atoms with Gasteiger partial charge >= 0.3 is 0 Å². The van der Waals surface area contributed by atoms with E-state index >= 15 is 0 Å². The number of halogens is 1. The van der Waals surface area contributed by atoms with Gasteiger partial charge in [-0.1, -0.05) is 42.6 Å². The highest BCUT2D eigenvalue weighted by Crippen LogP contribution is 2.42. The second kappa shape index (κ2) is 6.93. The molecule has 0 bridgehead atoms. The van der Waals surface area contributed by atoms with Crippen LogP contribution in [0.1, 0.15) is 36.1 Å². The summed E-state index contributed by atoms with van der Waals surface area (Å²) >= 11 is 7.57. The Labute approximate surface area is 146 Å². The molecule has 0 atom stereocenters. The molecule has 3 nitrogen and oxygen atoms in total. The van der Waals surface area contributed by atoms with Crippen LogP contribution in [-0.2, 0) is 21.2 Å². The van der Waals surface area contributed by atoms with Crippen molar-refractivity contribution in [3.8, 4) is 0 Å². The van der Waals surface area contributed by atoms with E-state index in [0.717, 1.165) is 31.2 Å². The van der Waals surface area contributed by atoms with Crippen LogP contribution < -0.4 is 4.72 Å². The number of rotatable bonds is 6. The molecule has 0 unspecified atom stereocenters. The van der Waals surface area contributed by atoms with Crippen LogP contribution in [0.4, 0.5) is 0 Å². The van der Waals surface area contributed by atoms with Gasteiger partial charge in [-0.3, -0.25) is 0 Å². The van der Waals surface area contributed by atoms with Crippen molar-refractivity contribution in [2.75, 3.05) is 6.54 Å². The summed E-state index contributed by atoms with van der Waals surface area (Å²) in [6.45, 7) is 0.490. The summed E-state index contributed by atoms with van der Waals surface area (Å²) in [6, 6.07) is 11.1. The normalized spacial score (nSPS) is 17.4. The lowest BCUT2D eigenvalue weighted by molar-refractivity contribution is 0.440. The van der Waals surface area contributed by atoms with Gasteiger partial charge in [0.05, 0.1) is 5.75 Å². The number of sulfonamides is 1. The van der Waals surface area contributed by atoms with Crippen LogP contribution in [0.15, 0.2) is 41.8 Å². The summed E-state index contributed by atoms with van der Waals surface area (Å²) in [5.74, 6) is -0.00924. The van der Waals surface area contributed by atoms with Gasteiger partial charge in [0.15, 0.2) is 0 Å². The third kappa shape index (κ3) is 4.15. The van der Waals surface area contributed by atoms with E-state index in [1.807, 2.05) is 6.07 Å². The minimum absolute atomic E-state index is 0.00924. The topological polar surface area (TPSA) is 46.2 Å². The molecule has 2 aromatic rings. The number of thiophene rings is 1. The first kappa shape index (κ1) is 17.0. The van der Waals surface area contributed by atoms with Crippen molar-refractivity contribution in [1.82, 2.24) is 4.72 Å². The molecule has 1 aliphatic carbocycles. The molecule has 1 heterocycles. The van der Waals surface area contributed by atoms with E-state index < -0.39 is 10.0 Å². The lowest BCUT2D eigenvalue weighted by Gasteiger charge is -2.28. The lowest BCUT2D eigenvalue weighted by atomic mass is 9.85. The molecule has 124 valence electrons. The van der Waals surface area contributed by atoms with Crippen LogP contribution in [0.3, 0.4) is 0 Å². The minimum Gasteiger partial charge on any atom is -0.214 e. The third-order valence-electron chi connectivity index (χ3n) is 4.50. The van der Waals surface area contributed by atoms with E-state index in [-0.39, 0.29) is 11.2 Å². The van der Waals surface area contributed by atoms with Crippen LogP contribution in [-0.4, -0.2) is 15.0 Å². The molecule has 1 N–H and O–H groups in total. The zero-order chi connectivity index (χ0) is 16.3. The van der Waals surface area contributed by atoms with Crippen LogP contribution >= 0.6 is 22.9 Å². The molecule has 1 aromatic heterocycles. The fraction of sp³-hybridized carbons (Fsp3) is 0.412. The average molecular weight is 370 g/mol. The van der Waals surface area contributed by atoms with E-state index in [1.165, 1.54) is 4.88 Å². The van der Waals surface area contributed by atoms with Gasteiger partial charge < -0.3 is 0 Å². The molecule has 1 fully saturated rings. The molecule has 23 heavy (non-hydrogen) atoms. The smallest absolute Gasteiger partial charge is 0.214 e. The largest absolute Gasteiger partial charge is 0.215 e. The Morgan fingerprint density at radius 1 is 1.13 bits per heavy atom. The molecule has 1 saturated carbocycles. The maximum Gasteiger partial charge on any atom is 0.215 e. The Morgan fingerprint density at radius 3 is 2.43 bits per heavy atom. The molecule has 0 amide bonds. The van der Waals surface area contributed by atoms with Crippen LogP contribution in [0.5, 0.6) is 0 Å². The molecule has 1 aliphatic rings. The van der Waals surface area contributed by atoms with E-state index in [2.05, 4.69) is 16.2 Å². The van der Waals surface area contributed by atoms with Gasteiger partial charge in [-0.15, -0.1) is 11.3 Å². The standard InChI is InChI=1S/C17H20ClNO2S2/c18-15-7-5-14(6-8-15)12-23(20,21)19-13-17(9-1-2-10-17)16-4-3-11-22-16/h3-8,11,19H,1-2,9-10,12-13H2. The molecule has 0 saturated heterocycles. The first-order valence-corrected chi connectivity index (χ1v) is 10.7. The predicted octanol–water partition coefficient (Wildman–Crippen LogP) is 4.33. The molecular weight excluding hydrogens is 350 g/mol. The zero-order valence-corrected chi connectivity index (χ0v) is 15.2. The minimum atomic E-state index is -3.35. The SMILES string of the molecule is O=S(=O)(Cc1ccc(Cl)cc1)NCC1(c2cccs2)CCCC1. The maximum atomic E-state index is 12.4. The quantitative estimate of drug-likeness (QED) is 0.823. The number of benzene rings is 1. The Bertz CT molecular complexity index is 733. The summed E-state index contributed by atoms with van der Waals surface area (Å²) in [5, 5.41) is 2.68. The molecule has 1 aromatic carbocycles. The van der Waals surface area contributed by atoms with E-state index in [1.54, 1.807) is 35.6 Å². The third-order valence-corrected chi connectivity index (χ3v) is 7.17. The Morgan fingerprint density at radius 2 is 1.83 bits per heavy atom. The van der Waals surface area contributed by atoms with Gasteiger partial charge in [0.1, 0.15) is 0 Å². The summed E-state index contributed by atoms with van der Waals surface area (Å²) in [6.07, 6.45) is 4.43. The van der Waals surface area contributed by atoms with Gasteiger partial charge in [-0.05, 0) is 42.0 Å². The molecule has 6 heteroatoms. The van der Waals surface area contributed by atoms with Crippen molar-refractivity contribution >= 4 is 33.0 Å². The first-order valence-electron chi connectivity index (χ1n) is 7.75. The van der Waals surface area contributed by atoms with Gasteiger partial charge in [0, 0.05) is 21.9 Å². The van der Waals surface area contributed by atoms with Crippen molar-refractivity contribution in [3.63, 3.8) is 0 Å². The molecular formula is C17H20ClNO2S2. The van der Waals surface area contributed by atoms with Crippen molar-refractivity contribution in [3.05, 3.63) is 57.2 Å². The van der Waals surface area contributed by atoms with Gasteiger partial charge in [-0.25, -0.2) is 13.1 Å². The van der Waals surface area contributed by atoms with Crippen molar-refractivity contribution in [2.45, 2.75) is 36.9 Å². The number of hydrogen-bond donors (Lipinski definition) is 1. The lowest BCUT2D eigenvalue weighted by Crippen LogP contribution is -2.39. The Balaban J connectivity index is 1.69.